The first-order valence-electron chi connectivity index (χ1n) is 6.90. The van der Waals surface area contributed by atoms with Gasteiger partial charge in [-0.2, -0.15) is 0 Å². The molecule has 1 aliphatic heterocycles. The number of ketones is 1. The Morgan fingerprint density at radius 2 is 2.09 bits per heavy atom. The molecule has 22 heavy (non-hydrogen) atoms. The molecule has 1 aromatic rings. The number of Topliss-reactive ketones (excluding diaryl/α,β-unsaturated/α-hetero) is 1. The lowest BCUT2D eigenvalue weighted by Crippen LogP contribution is -2.31. The molecule has 1 fully saturated rings. The molecule has 0 saturated heterocycles. The molecular formula is C16H13ClFNO3. The number of carboxylic acids is 1. The Kier molecular flexibility index (Phi) is 3.60. The number of carbonyl (C=O) groups is 2. The molecule has 1 aromatic carbocycles. The first kappa shape index (κ1) is 14.9. The summed E-state index contributed by atoms with van der Waals surface area (Å²) < 4.78 is 14.4. The highest BCUT2D eigenvalue weighted by Crippen LogP contribution is 2.44. The fourth-order valence-corrected chi connectivity index (χ4v) is 3.48. The van der Waals surface area contributed by atoms with Crippen molar-refractivity contribution in [3.05, 3.63) is 45.9 Å². The Bertz CT molecular complexity index is 754. The van der Waals surface area contributed by atoms with Gasteiger partial charge in [-0.1, -0.05) is 23.7 Å². The number of halogens is 2. The smallest absolute Gasteiger partial charge is 0.334 e. The zero-order valence-corrected chi connectivity index (χ0v) is 12.5. The van der Waals surface area contributed by atoms with E-state index in [0.29, 0.717) is 24.3 Å². The van der Waals surface area contributed by atoms with Crippen LogP contribution in [0.1, 0.15) is 31.2 Å². The highest BCUT2D eigenvalue weighted by molar-refractivity contribution is 6.30. The molecule has 1 saturated carbocycles. The maximum Gasteiger partial charge on any atom is 0.334 e. The highest BCUT2D eigenvalue weighted by Gasteiger charge is 2.45. The van der Waals surface area contributed by atoms with Gasteiger partial charge in [0.1, 0.15) is 11.6 Å². The van der Waals surface area contributed by atoms with Crippen molar-refractivity contribution in [1.82, 2.24) is 0 Å². The van der Waals surface area contributed by atoms with Crippen molar-refractivity contribution >= 4 is 29.1 Å². The third-order valence-corrected chi connectivity index (χ3v) is 4.52. The lowest BCUT2D eigenvalue weighted by Gasteiger charge is -2.29. The van der Waals surface area contributed by atoms with E-state index in [4.69, 9.17) is 11.6 Å². The van der Waals surface area contributed by atoms with Gasteiger partial charge in [0.15, 0.2) is 0 Å². The van der Waals surface area contributed by atoms with Gasteiger partial charge in [0, 0.05) is 23.7 Å². The van der Waals surface area contributed by atoms with E-state index >= 15 is 0 Å². The van der Waals surface area contributed by atoms with Gasteiger partial charge in [-0.15, -0.1) is 0 Å². The molecule has 1 heterocycles. The molecule has 3 rings (SSSR count). The van der Waals surface area contributed by atoms with Crippen LogP contribution in [0.2, 0.25) is 5.02 Å². The Morgan fingerprint density at radius 1 is 1.36 bits per heavy atom. The second-order valence-electron chi connectivity index (χ2n) is 5.47. The molecule has 2 unspecified atom stereocenters. The minimum absolute atomic E-state index is 0.0369. The predicted octanol–water partition coefficient (Wildman–Crippen LogP) is 3.36. The van der Waals surface area contributed by atoms with E-state index in [2.05, 4.69) is 4.99 Å². The van der Waals surface area contributed by atoms with Crippen molar-refractivity contribution in [2.45, 2.75) is 25.7 Å². The zero-order chi connectivity index (χ0) is 16.0. The van der Waals surface area contributed by atoms with Crippen LogP contribution in [0.4, 0.5) is 4.39 Å². The normalized spacial score (nSPS) is 24.3. The average molecular weight is 322 g/mol. The van der Waals surface area contributed by atoms with Crippen LogP contribution in [0.3, 0.4) is 0 Å². The lowest BCUT2D eigenvalue weighted by atomic mass is 9.75. The van der Waals surface area contributed by atoms with Crippen LogP contribution in [-0.4, -0.2) is 22.6 Å². The van der Waals surface area contributed by atoms with E-state index in [9.17, 15) is 19.1 Å². The molecule has 2 aliphatic rings. The Hall–Kier alpha value is -2.01. The second-order valence-corrected chi connectivity index (χ2v) is 5.88. The quantitative estimate of drug-likeness (QED) is 0.908. The van der Waals surface area contributed by atoms with Crippen LogP contribution in [0, 0.1) is 11.7 Å². The van der Waals surface area contributed by atoms with Crippen LogP contribution < -0.4 is 0 Å². The number of nitrogens with zero attached hydrogens (tertiary/aromatic N) is 1. The number of benzene rings is 1. The Labute approximate surface area is 131 Å². The summed E-state index contributed by atoms with van der Waals surface area (Å²) in [6.45, 7) is 1.57. The van der Waals surface area contributed by atoms with Gasteiger partial charge >= 0.3 is 5.97 Å². The molecule has 0 amide bonds. The third-order valence-electron chi connectivity index (χ3n) is 4.23. The molecule has 6 heteroatoms. The summed E-state index contributed by atoms with van der Waals surface area (Å²) in [5, 5.41) is 9.42. The summed E-state index contributed by atoms with van der Waals surface area (Å²) in [6.07, 6.45) is 0.800. The van der Waals surface area contributed by atoms with Crippen molar-refractivity contribution in [2.75, 3.05) is 0 Å². The molecule has 0 spiro atoms. The third kappa shape index (κ3) is 2.16. The number of fused-ring (bicyclic) bond motifs is 1. The first-order chi connectivity index (χ1) is 10.4. The first-order valence-corrected chi connectivity index (χ1v) is 7.27. The summed E-state index contributed by atoms with van der Waals surface area (Å²) >= 11 is 5.82. The number of carboxylic acid groups (broad SMARTS) is 1. The number of allylic oxidation sites excluding steroid dienone is 1. The van der Waals surface area contributed by atoms with Gasteiger partial charge in [-0.25, -0.2) is 9.18 Å². The summed E-state index contributed by atoms with van der Waals surface area (Å²) in [6, 6.07) is 4.43. The van der Waals surface area contributed by atoms with Crippen LogP contribution in [0.25, 0.3) is 0 Å². The van der Waals surface area contributed by atoms with Crippen molar-refractivity contribution in [2.24, 2.45) is 10.9 Å². The van der Waals surface area contributed by atoms with E-state index in [1.165, 1.54) is 12.1 Å². The number of hydrogen-bond acceptors (Lipinski definition) is 3. The minimum atomic E-state index is -1.19. The van der Waals surface area contributed by atoms with E-state index in [0.717, 1.165) is 0 Å². The Morgan fingerprint density at radius 3 is 2.77 bits per heavy atom. The van der Waals surface area contributed by atoms with Gasteiger partial charge in [0.05, 0.1) is 16.5 Å². The monoisotopic (exact) mass is 321 g/mol. The van der Waals surface area contributed by atoms with Crippen molar-refractivity contribution in [3.8, 4) is 0 Å². The average Bonchev–Trinajstić information content (AvgIpc) is 2.81. The summed E-state index contributed by atoms with van der Waals surface area (Å²) in [5.41, 5.74) is 1.05. The number of aliphatic carboxylic acids is 1. The molecular weight excluding hydrogens is 309 g/mol. The fourth-order valence-electron chi connectivity index (χ4n) is 3.30. The molecule has 114 valence electrons. The lowest BCUT2D eigenvalue weighted by molar-refractivity contribution is -0.133. The van der Waals surface area contributed by atoms with Crippen LogP contribution >= 0.6 is 11.6 Å². The second kappa shape index (κ2) is 5.32. The summed E-state index contributed by atoms with van der Waals surface area (Å²) in [5.74, 6) is -3.55. The van der Waals surface area contributed by atoms with Gasteiger partial charge in [-0.05, 0) is 25.0 Å². The van der Waals surface area contributed by atoms with E-state index in [1.807, 2.05) is 0 Å². The van der Waals surface area contributed by atoms with E-state index in [1.54, 1.807) is 13.0 Å². The number of hydrogen-bond donors (Lipinski definition) is 1. The van der Waals surface area contributed by atoms with Gasteiger partial charge in [0.2, 0.25) is 0 Å². The molecule has 2 atom stereocenters. The SMILES string of the molecule is CC1=C(C(=O)O)C(c2cccc(Cl)c2F)C2C(=O)CCC2=N1. The molecule has 0 radical (unpaired) electrons. The van der Waals surface area contributed by atoms with Gasteiger partial charge < -0.3 is 5.11 Å². The number of carbonyl (C=O) groups excluding carboxylic acids is 1. The maximum atomic E-state index is 14.4. The molecule has 0 aromatic heterocycles. The molecule has 4 nitrogen and oxygen atoms in total. The van der Waals surface area contributed by atoms with Crippen molar-refractivity contribution < 1.29 is 19.1 Å². The fraction of sp³-hybridized carbons (Fsp3) is 0.312. The highest BCUT2D eigenvalue weighted by atomic mass is 35.5. The standard InChI is InChI=1S/C16H13ClFNO3/c1-7-12(16(21)22)13(8-3-2-4-9(17)15(8)18)14-10(19-7)5-6-11(14)20/h2-4,13-14H,5-6H2,1H3,(H,21,22). The molecule has 1 N–H and O–H groups in total. The summed E-state index contributed by atoms with van der Waals surface area (Å²) in [7, 11) is 0. The minimum Gasteiger partial charge on any atom is -0.478 e. The van der Waals surface area contributed by atoms with Crippen LogP contribution in [0.15, 0.2) is 34.5 Å². The summed E-state index contributed by atoms with van der Waals surface area (Å²) in [4.78, 5) is 28.1. The van der Waals surface area contributed by atoms with Crippen molar-refractivity contribution in [3.63, 3.8) is 0 Å². The van der Waals surface area contributed by atoms with E-state index in [-0.39, 0.29) is 21.9 Å². The number of rotatable bonds is 2. The predicted molar refractivity (Wildman–Crippen MR) is 79.7 cm³/mol. The molecule has 1 aliphatic carbocycles. The largest absolute Gasteiger partial charge is 0.478 e. The van der Waals surface area contributed by atoms with E-state index < -0.39 is 23.6 Å². The van der Waals surface area contributed by atoms with Crippen LogP contribution in [0.5, 0.6) is 0 Å². The zero-order valence-electron chi connectivity index (χ0n) is 11.8. The topological polar surface area (TPSA) is 66.7 Å². The van der Waals surface area contributed by atoms with Crippen molar-refractivity contribution in [1.29, 1.82) is 0 Å². The maximum absolute atomic E-state index is 14.4. The van der Waals surface area contributed by atoms with Crippen LogP contribution in [-0.2, 0) is 9.59 Å². The van der Waals surface area contributed by atoms with Gasteiger partial charge in [-0.3, -0.25) is 9.79 Å². The van der Waals surface area contributed by atoms with Gasteiger partial charge in [0.25, 0.3) is 0 Å². The molecule has 0 bridgehead atoms. The number of aliphatic imine (C=N–C) groups is 1. The Balaban J connectivity index is 2.25.